The van der Waals surface area contributed by atoms with Crippen LogP contribution >= 0.6 is 0 Å². The fraction of sp³-hybridized carbons (Fsp3) is 0.316. The molecule has 7 nitrogen and oxygen atoms in total. The zero-order valence-electron chi connectivity index (χ0n) is 14.8. The summed E-state index contributed by atoms with van der Waals surface area (Å²) >= 11 is 0. The third-order valence-corrected chi connectivity index (χ3v) is 5.21. The molecule has 2 unspecified atom stereocenters. The van der Waals surface area contributed by atoms with Gasteiger partial charge in [0.25, 0.3) is 5.69 Å². The number of nitro groups is 1. The molecule has 1 fully saturated rings. The number of fused-ring (bicyclic) bond motifs is 4. The van der Waals surface area contributed by atoms with Crippen LogP contribution in [0.4, 0.5) is 16.2 Å². The molecule has 2 aromatic carbocycles. The number of carbonyl (C=O) groups is 1. The van der Waals surface area contributed by atoms with Crippen LogP contribution in [0.25, 0.3) is 0 Å². The van der Waals surface area contributed by atoms with E-state index in [2.05, 4.69) is 5.32 Å². The molecule has 4 rings (SSSR count). The van der Waals surface area contributed by atoms with Gasteiger partial charge in [0.05, 0.1) is 11.0 Å². The summed E-state index contributed by atoms with van der Waals surface area (Å²) in [6.07, 6.45) is 0.500. The number of urea groups is 1. The number of aryl methyl sites for hydroxylation is 2. The number of amides is 2. The Bertz CT molecular complexity index is 942. The molecular weight excluding hydrogens is 334 g/mol. The maximum absolute atomic E-state index is 12.8. The van der Waals surface area contributed by atoms with Crippen molar-refractivity contribution in [3.63, 3.8) is 0 Å². The Hall–Kier alpha value is -3.09. The predicted molar refractivity (Wildman–Crippen MR) is 96.4 cm³/mol. The second-order valence-electron chi connectivity index (χ2n) is 7.07. The molecule has 2 aromatic rings. The average molecular weight is 353 g/mol. The van der Waals surface area contributed by atoms with E-state index in [1.54, 1.807) is 11.0 Å². The smallest absolute Gasteiger partial charge is 0.325 e. The molecule has 0 aliphatic carbocycles. The summed E-state index contributed by atoms with van der Waals surface area (Å²) in [5.41, 5.74) is 2.77. The third-order valence-electron chi connectivity index (χ3n) is 5.21. The largest absolute Gasteiger partial charge is 0.467 e. The van der Waals surface area contributed by atoms with E-state index in [4.69, 9.17) is 4.74 Å². The molecule has 2 heterocycles. The van der Waals surface area contributed by atoms with Gasteiger partial charge in [-0.3, -0.25) is 15.0 Å². The van der Waals surface area contributed by atoms with Crippen molar-refractivity contribution in [2.75, 3.05) is 4.90 Å². The average Bonchev–Trinajstić information content (AvgIpc) is 2.57. The molecule has 2 bridgehead atoms. The van der Waals surface area contributed by atoms with Crippen molar-refractivity contribution < 1.29 is 14.5 Å². The van der Waals surface area contributed by atoms with Gasteiger partial charge in [-0.05, 0) is 50.1 Å². The predicted octanol–water partition coefficient (Wildman–Crippen LogP) is 3.98. The van der Waals surface area contributed by atoms with E-state index in [1.165, 1.54) is 12.1 Å². The Morgan fingerprint density at radius 3 is 2.69 bits per heavy atom. The molecule has 0 spiro atoms. The number of hydrogen-bond donors (Lipinski definition) is 1. The molecule has 2 atom stereocenters. The van der Waals surface area contributed by atoms with Gasteiger partial charge in [-0.15, -0.1) is 0 Å². The van der Waals surface area contributed by atoms with E-state index in [-0.39, 0.29) is 17.8 Å². The first-order valence-corrected chi connectivity index (χ1v) is 8.44. The van der Waals surface area contributed by atoms with Crippen LogP contribution in [0.1, 0.15) is 36.1 Å². The van der Waals surface area contributed by atoms with Crippen LogP contribution < -0.4 is 15.0 Å². The van der Waals surface area contributed by atoms with Crippen LogP contribution in [-0.2, 0) is 0 Å². The molecule has 2 aliphatic rings. The van der Waals surface area contributed by atoms with Gasteiger partial charge in [0, 0.05) is 29.8 Å². The number of carbonyl (C=O) groups excluding carboxylic acids is 1. The quantitative estimate of drug-likeness (QED) is 0.654. The highest BCUT2D eigenvalue weighted by atomic mass is 16.6. The van der Waals surface area contributed by atoms with Gasteiger partial charge in [-0.25, -0.2) is 4.79 Å². The number of hydrogen-bond acceptors (Lipinski definition) is 4. The molecular formula is C19H19N3O4. The Kier molecular flexibility index (Phi) is 3.44. The monoisotopic (exact) mass is 353 g/mol. The maximum atomic E-state index is 12.8. The molecule has 0 saturated carbocycles. The topological polar surface area (TPSA) is 84.7 Å². The first-order valence-electron chi connectivity index (χ1n) is 8.44. The summed E-state index contributed by atoms with van der Waals surface area (Å²) in [4.78, 5) is 25.1. The molecule has 1 saturated heterocycles. The van der Waals surface area contributed by atoms with Crippen molar-refractivity contribution in [2.24, 2.45) is 0 Å². The molecule has 1 N–H and O–H groups in total. The summed E-state index contributed by atoms with van der Waals surface area (Å²) in [7, 11) is 0. The Labute approximate surface area is 150 Å². The fourth-order valence-electron chi connectivity index (χ4n) is 3.73. The lowest BCUT2D eigenvalue weighted by molar-refractivity contribution is -0.385. The minimum absolute atomic E-state index is 0.0122. The Morgan fingerprint density at radius 2 is 2.00 bits per heavy atom. The maximum Gasteiger partial charge on any atom is 0.325 e. The van der Waals surface area contributed by atoms with Crippen LogP contribution in [0, 0.1) is 24.0 Å². The molecule has 2 amide bonds. The van der Waals surface area contributed by atoms with Crippen molar-refractivity contribution in [3.05, 3.63) is 63.2 Å². The van der Waals surface area contributed by atoms with Crippen molar-refractivity contribution >= 4 is 17.4 Å². The molecule has 0 radical (unpaired) electrons. The summed E-state index contributed by atoms with van der Waals surface area (Å²) in [6.45, 7) is 5.90. The normalized spacial score (nSPS) is 23.7. The van der Waals surface area contributed by atoms with E-state index in [9.17, 15) is 14.9 Å². The van der Waals surface area contributed by atoms with E-state index < -0.39 is 10.6 Å². The number of anilines is 1. The SMILES string of the molecule is Cc1ccc(N2C(=O)NC3CC2(C)Oc2ccc([N+](=O)[O-])cc23)cc1C. The van der Waals surface area contributed by atoms with Crippen molar-refractivity contribution in [2.45, 2.75) is 39.0 Å². The second-order valence-corrected chi connectivity index (χ2v) is 7.07. The van der Waals surface area contributed by atoms with E-state index in [1.807, 2.05) is 39.0 Å². The minimum Gasteiger partial charge on any atom is -0.467 e. The second kappa shape index (κ2) is 5.45. The van der Waals surface area contributed by atoms with Gasteiger partial charge in [-0.2, -0.15) is 0 Å². The highest BCUT2D eigenvalue weighted by Gasteiger charge is 2.50. The first-order chi connectivity index (χ1) is 12.3. The summed E-state index contributed by atoms with van der Waals surface area (Å²) in [5.74, 6) is 0.559. The summed E-state index contributed by atoms with van der Waals surface area (Å²) in [6, 6.07) is 9.76. The highest BCUT2D eigenvalue weighted by molar-refractivity contribution is 5.95. The van der Waals surface area contributed by atoms with Gasteiger partial charge >= 0.3 is 6.03 Å². The Morgan fingerprint density at radius 1 is 1.23 bits per heavy atom. The lowest BCUT2D eigenvalue weighted by atomic mass is 9.89. The molecule has 7 heteroatoms. The summed E-state index contributed by atoms with van der Waals surface area (Å²) < 4.78 is 6.18. The number of benzene rings is 2. The number of non-ortho nitro benzene ring substituents is 1. The number of nitro benzene ring substituents is 1. The van der Waals surface area contributed by atoms with Gasteiger partial charge in [0.15, 0.2) is 5.72 Å². The van der Waals surface area contributed by atoms with Crippen molar-refractivity contribution in [3.8, 4) is 5.75 Å². The fourth-order valence-corrected chi connectivity index (χ4v) is 3.73. The zero-order chi connectivity index (χ0) is 18.6. The number of rotatable bonds is 2. The molecule has 26 heavy (non-hydrogen) atoms. The van der Waals surface area contributed by atoms with Crippen LogP contribution in [0.15, 0.2) is 36.4 Å². The lowest BCUT2D eigenvalue weighted by Gasteiger charge is -2.50. The van der Waals surface area contributed by atoms with Gasteiger partial charge in [-0.1, -0.05) is 6.07 Å². The third kappa shape index (κ3) is 2.39. The van der Waals surface area contributed by atoms with Crippen LogP contribution in [0.3, 0.4) is 0 Å². The first kappa shape index (κ1) is 16.4. The van der Waals surface area contributed by atoms with Gasteiger partial charge in [0.2, 0.25) is 0 Å². The standard InChI is InChI=1S/C19H19N3O4/c1-11-4-5-13(8-12(11)2)21-18(23)20-16-10-19(21,3)26-17-7-6-14(22(24)25)9-15(16)17/h4-9,16H,10H2,1-3H3,(H,20,23). The van der Waals surface area contributed by atoms with Crippen LogP contribution in [-0.4, -0.2) is 16.7 Å². The van der Waals surface area contributed by atoms with Gasteiger partial charge < -0.3 is 10.1 Å². The van der Waals surface area contributed by atoms with E-state index >= 15 is 0 Å². The van der Waals surface area contributed by atoms with Crippen molar-refractivity contribution in [1.82, 2.24) is 5.32 Å². The lowest BCUT2D eigenvalue weighted by Crippen LogP contribution is -2.65. The Balaban J connectivity index is 1.78. The minimum atomic E-state index is -0.863. The van der Waals surface area contributed by atoms with Crippen LogP contribution in [0.5, 0.6) is 5.75 Å². The van der Waals surface area contributed by atoms with Crippen molar-refractivity contribution in [1.29, 1.82) is 0 Å². The number of nitrogens with zero attached hydrogens (tertiary/aromatic N) is 2. The van der Waals surface area contributed by atoms with E-state index in [0.29, 0.717) is 17.7 Å². The summed E-state index contributed by atoms with van der Waals surface area (Å²) in [5, 5.41) is 14.0. The number of nitrogens with one attached hydrogen (secondary N) is 1. The number of ether oxygens (including phenoxy) is 1. The molecule has 2 aliphatic heterocycles. The molecule has 0 aromatic heterocycles. The van der Waals surface area contributed by atoms with Crippen LogP contribution in [0.2, 0.25) is 0 Å². The zero-order valence-corrected chi connectivity index (χ0v) is 14.8. The van der Waals surface area contributed by atoms with E-state index in [0.717, 1.165) is 16.8 Å². The molecule has 134 valence electrons. The highest BCUT2D eigenvalue weighted by Crippen LogP contribution is 2.46. The van der Waals surface area contributed by atoms with Gasteiger partial charge in [0.1, 0.15) is 5.75 Å².